The van der Waals surface area contributed by atoms with E-state index in [9.17, 15) is 9.59 Å². The van der Waals surface area contributed by atoms with E-state index < -0.39 is 11.9 Å². The number of methoxy groups -OCH3 is 1. The number of fused-ring (bicyclic) bond motifs is 1. The van der Waals surface area contributed by atoms with Crippen LogP contribution in [0.2, 0.25) is 5.02 Å². The van der Waals surface area contributed by atoms with E-state index in [0.717, 1.165) is 10.8 Å². The number of benzene rings is 3. The van der Waals surface area contributed by atoms with Crippen LogP contribution in [-0.4, -0.2) is 25.7 Å². The Kier molecular flexibility index (Phi) is 5.39. The second-order valence-electron chi connectivity index (χ2n) is 5.38. The highest BCUT2D eigenvalue weighted by molar-refractivity contribution is 6.32. The predicted molar refractivity (Wildman–Crippen MR) is 97.9 cm³/mol. The number of carbonyl (C=O) groups excluding carboxylic acids is 2. The molecule has 0 heterocycles. The van der Waals surface area contributed by atoms with Crippen LogP contribution in [0.1, 0.15) is 10.4 Å². The molecule has 132 valence electrons. The van der Waals surface area contributed by atoms with E-state index in [1.54, 1.807) is 36.4 Å². The van der Waals surface area contributed by atoms with Gasteiger partial charge in [-0.1, -0.05) is 48.0 Å². The zero-order chi connectivity index (χ0) is 18.5. The van der Waals surface area contributed by atoms with Gasteiger partial charge in [0, 0.05) is 0 Å². The fourth-order valence-electron chi connectivity index (χ4n) is 2.42. The number of ether oxygens (including phenoxy) is 3. The Morgan fingerprint density at radius 3 is 2.27 bits per heavy atom. The van der Waals surface area contributed by atoms with Gasteiger partial charge in [0.1, 0.15) is 17.1 Å². The quantitative estimate of drug-likeness (QED) is 0.496. The molecule has 0 fully saturated rings. The van der Waals surface area contributed by atoms with Crippen molar-refractivity contribution in [3.8, 4) is 11.5 Å². The van der Waals surface area contributed by atoms with Gasteiger partial charge in [0.05, 0.1) is 12.1 Å². The van der Waals surface area contributed by atoms with Gasteiger partial charge in [-0.25, -0.2) is 9.59 Å². The van der Waals surface area contributed by atoms with Gasteiger partial charge in [0.2, 0.25) is 0 Å². The van der Waals surface area contributed by atoms with Gasteiger partial charge in [-0.3, -0.25) is 0 Å². The maximum atomic E-state index is 12.2. The lowest BCUT2D eigenvalue weighted by Gasteiger charge is -2.11. The van der Waals surface area contributed by atoms with E-state index in [1.165, 1.54) is 7.11 Å². The minimum atomic E-state index is -0.662. The van der Waals surface area contributed by atoms with Crippen molar-refractivity contribution in [2.24, 2.45) is 0 Å². The van der Waals surface area contributed by atoms with E-state index in [1.807, 2.05) is 24.3 Å². The van der Waals surface area contributed by atoms with E-state index in [4.69, 9.17) is 25.8 Å². The Morgan fingerprint density at radius 2 is 1.58 bits per heavy atom. The lowest BCUT2D eigenvalue weighted by Crippen LogP contribution is -2.19. The molecule has 0 aliphatic carbocycles. The smallest absolute Gasteiger partial charge is 0.349 e. The molecule has 0 saturated carbocycles. The first kappa shape index (κ1) is 17.8. The molecule has 0 aliphatic heterocycles. The monoisotopic (exact) mass is 370 g/mol. The average Bonchev–Trinajstić information content (AvgIpc) is 2.66. The predicted octanol–water partition coefficient (Wildman–Crippen LogP) is 4.26. The van der Waals surface area contributed by atoms with Crippen LogP contribution in [0.25, 0.3) is 10.8 Å². The van der Waals surface area contributed by atoms with Crippen molar-refractivity contribution in [1.82, 2.24) is 0 Å². The summed E-state index contributed by atoms with van der Waals surface area (Å²) < 4.78 is 15.5. The molecule has 0 amide bonds. The summed E-state index contributed by atoms with van der Waals surface area (Å²) in [4.78, 5) is 24.2. The SMILES string of the molecule is COC(=O)c1cc2ccccc2cc1OC(=O)COc1ccccc1Cl. The number of hydrogen-bond donors (Lipinski definition) is 0. The molecule has 0 bridgehead atoms. The topological polar surface area (TPSA) is 61.8 Å². The molecule has 26 heavy (non-hydrogen) atoms. The van der Waals surface area contributed by atoms with Crippen LogP contribution < -0.4 is 9.47 Å². The van der Waals surface area contributed by atoms with Crippen molar-refractivity contribution in [2.45, 2.75) is 0 Å². The maximum Gasteiger partial charge on any atom is 0.349 e. The lowest BCUT2D eigenvalue weighted by atomic mass is 10.1. The standard InChI is InChI=1S/C20H15ClO5/c1-24-20(23)15-10-13-6-2-3-7-14(13)11-18(15)26-19(22)12-25-17-9-5-4-8-16(17)21/h2-11H,12H2,1H3. The van der Waals surface area contributed by atoms with Gasteiger partial charge in [-0.2, -0.15) is 0 Å². The van der Waals surface area contributed by atoms with E-state index >= 15 is 0 Å². The first-order chi connectivity index (χ1) is 12.6. The number of carbonyl (C=O) groups is 2. The zero-order valence-electron chi connectivity index (χ0n) is 13.9. The third-order valence-electron chi connectivity index (χ3n) is 3.66. The van der Waals surface area contributed by atoms with Crippen LogP contribution in [0.15, 0.2) is 60.7 Å². The summed E-state index contributed by atoms with van der Waals surface area (Å²) in [5, 5.41) is 2.05. The number of rotatable bonds is 5. The highest BCUT2D eigenvalue weighted by Crippen LogP contribution is 2.27. The summed E-state index contributed by atoms with van der Waals surface area (Å²) in [6, 6.07) is 17.5. The molecule has 0 aromatic heterocycles. The minimum absolute atomic E-state index is 0.114. The van der Waals surface area contributed by atoms with E-state index in [2.05, 4.69) is 0 Å². The normalized spacial score (nSPS) is 10.4. The van der Waals surface area contributed by atoms with Crippen molar-refractivity contribution >= 4 is 34.3 Å². The summed E-state index contributed by atoms with van der Waals surface area (Å²) in [5.41, 5.74) is 0.164. The molecule has 3 aromatic rings. The zero-order valence-corrected chi connectivity index (χ0v) is 14.7. The van der Waals surface area contributed by atoms with Gasteiger partial charge >= 0.3 is 11.9 Å². The molecule has 3 aromatic carbocycles. The van der Waals surface area contributed by atoms with Crippen molar-refractivity contribution in [3.05, 3.63) is 71.2 Å². The Morgan fingerprint density at radius 1 is 0.923 bits per heavy atom. The lowest BCUT2D eigenvalue weighted by molar-refractivity contribution is -0.136. The molecule has 0 spiro atoms. The van der Waals surface area contributed by atoms with Gasteiger partial charge in [0.15, 0.2) is 6.61 Å². The second-order valence-corrected chi connectivity index (χ2v) is 5.79. The first-order valence-electron chi connectivity index (χ1n) is 7.77. The van der Waals surface area contributed by atoms with Gasteiger partial charge in [-0.15, -0.1) is 0 Å². The van der Waals surface area contributed by atoms with E-state index in [-0.39, 0.29) is 17.9 Å². The Labute approximate surface area is 155 Å². The summed E-state index contributed by atoms with van der Waals surface area (Å²) in [7, 11) is 1.27. The van der Waals surface area contributed by atoms with Crippen LogP contribution in [0.5, 0.6) is 11.5 Å². The van der Waals surface area contributed by atoms with Crippen molar-refractivity contribution in [2.75, 3.05) is 13.7 Å². The number of hydrogen-bond acceptors (Lipinski definition) is 5. The fraction of sp³-hybridized carbons (Fsp3) is 0.100. The molecule has 0 aliphatic rings. The molecule has 6 heteroatoms. The highest BCUT2D eigenvalue weighted by Gasteiger charge is 2.18. The van der Waals surface area contributed by atoms with Crippen molar-refractivity contribution < 1.29 is 23.8 Å². The van der Waals surface area contributed by atoms with Crippen LogP contribution in [0.4, 0.5) is 0 Å². The molecule has 0 saturated heterocycles. The van der Waals surface area contributed by atoms with Crippen LogP contribution in [-0.2, 0) is 9.53 Å². The number of halogens is 1. The van der Waals surface area contributed by atoms with Crippen LogP contribution in [0, 0.1) is 0 Å². The number of para-hydroxylation sites is 1. The Balaban J connectivity index is 1.81. The fourth-order valence-corrected chi connectivity index (χ4v) is 2.61. The largest absolute Gasteiger partial charge is 0.480 e. The molecule has 0 unspecified atom stereocenters. The summed E-state index contributed by atoms with van der Waals surface area (Å²) in [6.45, 7) is -0.350. The molecule has 5 nitrogen and oxygen atoms in total. The molecule has 0 N–H and O–H groups in total. The minimum Gasteiger partial charge on any atom is -0.480 e. The molecular weight excluding hydrogens is 356 g/mol. The summed E-state index contributed by atoms with van der Waals surface area (Å²) in [5.74, 6) is -0.767. The van der Waals surface area contributed by atoms with Crippen LogP contribution in [0.3, 0.4) is 0 Å². The average molecular weight is 371 g/mol. The second kappa shape index (κ2) is 7.89. The maximum absolute atomic E-state index is 12.2. The summed E-state index contributed by atoms with van der Waals surface area (Å²) in [6.07, 6.45) is 0. The molecule has 3 rings (SSSR count). The molecular formula is C20H15ClO5. The molecule has 0 radical (unpaired) electrons. The number of esters is 2. The highest BCUT2D eigenvalue weighted by atomic mass is 35.5. The Bertz CT molecular complexity index is 967. The third kappa shape index (κ3) is 3.95. The first-order valence-corrected chi connectivity index (χ1v) is 8.15. The molecule has 0 atom stereocenters. The van der Waals surface area contributed by atoms with E-state index in [0.29, 0.717) is 10.8 Å². The van der Waals surface area contributed by atoms with Gasteiger partial charge < -0.3 is 14.2 Å². The Hall–Kier alpha value is -3.05. The van der Waals surface area contributed by atoms with Gasteiger partial charge in [0.25, 0.3) is 0 Å². The van der Waals surface area contributed by atoms with Crippen LogP contribution >= 0.6 is 11.6 Å². The van der Waals surface area contributed by atoms with Gasteiger partial charge in [-0.05, 0) is 35.0 Å². The van der Waals surface area contributed by atoms with Crippen molar-refractivity contribution in [3.63, 3.8) is 0 Å². The van der Waals surface area contributed by atoms with Crippen molar-refractivity contribution in [1.29, 1.82) is 0 Å². The summed E-state index contributed by atoms with van der Waals surface area (Å²) >= 11 is 5.98. The third-order valence-corrected chi connectivity index (χ3v) is 3.97.